The van der Waals surface area contributed by atoms with Gasteiger partial charge < -0.3 is 8.75 Å². The molecule has 0 fully saturated rings. The molecule has 0 unspecified atom stereocenters. The van der Waals surface area contributed by atoms with Crippen molar-refractivity contribution in [3.05, 3.63) is 37.1 Å². The Labute approximate surface area is 139 Å². The quantitative estimate of drug-likeness (QED) is 0.346. The molecular weight excluding hydrogens is 359 g/mol. The Morgan fingerprint density at radius 3 is 2.38 bits per heavy atom. The maximum Gasteiger partial charge on any atom is 0.534 e. The highest BCUT2D eigenvalue weighted by Crippen LogP contribution is 2.30. The first-order valence-corrected chi connectivity index (χ1v) is 12.0. The number of aromatic nitrogens is 1. The zero-order valence-electron chi connectivity index (χ0n) is 13.5. The van der Waals surface area contributed by atoms with Crippen LogP contribution in [0.5, 0.6) is 5.75 Å². The smallest absolute Gasteiger partial charge is 0.376 e. The third-order valence-electron chi connectivity index (χ3n) is 3.45. The summed E-state index contributed by atoms with van der Waals surface area (Å²) < 4.78 is 67.2. The van der Waals surface area contributed by atoms with E-state index in [-0.39, 0.29) is 5.75 Å². The van der Waals surface area contributed by atoms with E-state index < -0.39 is 23.7 Å². The number of nitrogens with zero attached hydrogens (tertiary/aromatic N) is 1. The second kappa shape index (κ2) is 5.96. The summed E-state index contributed by atoms with van der Waals surface area (Å²) in [4.78, 5) is 0. The Morgan fingerprint density at radius 2 is 1.88 bits per heavy atom. The highest BCUT2D eigenvalue weighted by Gasteiger charge is 2.49. The molecule has 9 heteroatoms. The minimum Gasteiger partial charge on any atom is -0.376 e. The molecule has 0 bridgehead atoms. The maximum absolute atomic E-state index is 12.7. The van der Waals surface area contributed by atoms with Gasteiger partial charge in [-0.05, 0) is 23.6 Å². The summed E-state index contributed by atoms with van der Waals surface area (Å²) in [6.45, 7) is 9.87. The van der Waals surface area contributed by atoms with Crippen LogP contribution < -0.4 is 9.37 Å². The number of fused-ring (bicyclic) bond motifs is 1. The number of alkyl halides is 3. The Balaban J connectivity index is 2.75. The molecule has 0 aliphatic carbocycles. The van der Waals surface area contributed by atoms with E-state index in [1.54, 1.807) is 18.3 Å². The zero-order valence-corrected chi connectivity index (χ0v) is 15.3. The van der Waals surface area contributed by atoms with E-state index in [0.717, 1.165) is 5.39 Å². The number of hydrogen-bond donors (Lipinski definition) is 0. The van der Waals surface area contributed by atoms with Crippen molar-refractivity contribution in [2.24, 2.45) is 0 Å². The highest BCUT2D eigenvalue weighted by atomic mass is 32.2. The van der Waals surface area contributed by atoms with Crippen molar-refractivity contribution in [3.63, 3.8) is 0 Å². The minimum absolute atomic E-state index is 0.261. The van der Waals surface area contributed by atoms with Gasteiger partial charge in [0.15, 0.2) is 0 Å². The van der Waals surface area contributed by atoms with Crippen molar-refractivity contribution in [1.82, 2.24) is 4.57 Å². The maximum atomic E-state index is 12.7. The SMILES string of the molecule is C=CCn1ccc2ccc(OS(=O)(=O)C(F)(F)F)c([Si](C)(C)C)c21. The summed E-state index contributed by atoms with van der Waals surface area (Å²) in [5, 5.41) is 1.34. The lowest BCUT2D eigenvalue weighted by Crippen LogP contribution is -2.41. The van der Waals surface area contributed by atoms with E-state index in [1.165, 1.54) is 6.07 Å². The number of halogens is 3. The average molecular weight is 377 g/mol. The molecule has 132 valence electrons. The van der Waals surface area contributed by atoms with Gasteiger partial charge in [-0.2, -0.15) is 21.6 Å². The predicted molar refractivity (Wildman–Crippen MR) is 90.7 cm³/mol. The first-order valence-electron chi connectivity index (χ1n) is 7.12. The second-order valence-electron chi connectivity index (χ2n) is 6.37. The van der Waals surface area contributed by atoms with Gasteiger partial charge in [-0.25, -0.2) is 0 Å². The molecular formula is C15H18F3NO3SSi. The molecule has 2 rings (SSSR count). The lowest BCUT2D eigenvalue weighted by molar-refractivity contribution is -0.0499. The van der Waals surface area contributed by atoms with Gasteiger partial charge in [0.2, 0.25) is 0 Å². The van der Waals surface area contributed by atoms with E-state index in [9.17, 15) is 21.6 Å². The monoisotopic (exact) mass is 377 g/mol. The Bertz CT molecular complexity index is 880. The fraction of sp³-hybridized carbons (Fsp3) is 0.333. The van der Waals surface area contributed by atoms with E-state index in [2.05, 4.69) is 10.8 Å². The highest BCUT2D eigenvalue weighted by molar-refractivity contribution is 7.88. The molecule has 0 saturated heterocycles. The van der Waals surface area contributed by atoms with Crippen molar-refractivity contribution in [2.75, 3.05) is 0 Å². The van der Waals surface area contributed by atoms with Gasteiger partial charge in [0, 0.05) is 17.9 Å². The summed E-state index contributed by atoms with van der Waals surface area (Å²) >= 11 is 0. The fourth-order valence-corrected chi connectivity index (χ4v) is 4.94. The molecule has 1 heterocycles. The molecule has 0 aliphatic heterocycles. The Morgan fingerprint density at radius 1 is 1.25 bits per heavy atom. The van der Waals surface area contributed by atoms with Crippen LogP contribution >= 0.6 is 0 Å². The van der Waals surface area contributed by atoms with Crippen LogP contribution in [0.25, 0.3) is 10.9 Å². The summed E-state index contributed by atoms with van der Waals surface area (Å²) in [6.07, 6.45) is 3.45. The number of benzene rings is 1. The summed E-state index contributed by atoms with van der Waals surface area (Å²) in [5.74, 6) is -0.261. The predicted octanol–water partition coefficient (Wildman–Crippen LogP) is 3.60. The first kappa shape index (κ1) is 18.6. The van der Waals surface area contributed by atoms with Crippen molar-refractivity contribution in [3.8, 4) is 5.75 Å². The van der Waals surface area contributed by atoms with Crippen molar-refractivity contribution in [2.45, 2.75) is 31.7 Å². The van der Waals surface area contributed by atoms with Gasteiger partial charge >= 0.3 is 15.6 Å². The number of rotatable bonds is 5. The van der Waals surface area contributed by atoms with Crippen LogP contribution in [0.3, 0.4) is 0 Å². The molecule has 24 heavy (non-hydrogen) atoms. The van der Waals surface area contributed by atoms with E-state index in [4.69, 9.17) is 0 Å². The molecule has 0 N–H and O–H groups in total. The lowest BCUT2D eigenvalue weighted by atomic mass is 10.2. The molecule has 0 spiro atoms. The topological polar surface area (TPSA) is 48.3 Å². The summed E-state index contributed by atoms with van der Waals surface area (Å²) in [5.41, 5.74) is -4.79. The van der Waals surface area contributed by atoms with E-state index >= 15 is 0 Å². The molecule has 1 aromatic heterocycles. The molecule has 4 nitrogen and oxygen atoms in total. The number of hydrogen-bond acceptors (Lipinski definition) is 3. The van der Waals surface area contributed by atoms with E-state index in [1.807, 2.05) is 30.3 Å². The van der Waals surface area contributed by atoms with Crippen LogP contribution in [0.15, 0.2) is 37.1 Å². The molecule has 0 amide bonds. The van der Waals surface area contributed by atoms with Gasteiger partial charge in [0.1, 0.15) is 5.75 Å². The summed E-state index contributed by atoms with van der Waals surface area (Å²) in [7, 11) is -7.95. The largest absolute Gasteiger partial charge is 0.534 e. The van der Waals surface area contributed by atoms with Gasteiger partial charge in [0.25, 0.3) is 0 Å². The molecule has 2 aromatic rings. The van der Waals surface area contributed by atoms with Crippen molar-refractivity contribution in [1.29, 1.82) is 0 Å². The lowest BCUT2D eigenvalue weighted by Gasteiger charge is -2.23. The molecule has 1 aromatic carbocycles. The second-order valence-corrected chi connectivity index (χ2v) is 12.9. The van der Waals surface area contributed by atoms with Crippen LogP contribution in [0.2, 0.25) is 19.6 Å². The number of allylic oxidation sites excluding steroid dienone is 1. The molecule has 0 saturated carbocycles. The van der Waals surface area contributed by atoms with Crippen LogP contribution in [0.1, 0.15) is 0 Å². The van der Waals surface area contributed by atoms with Gasteiger partial charge in [-0.1, -0.05) is 25.7 Å². The van der Waals surface area contributed by atoms with E-state index in [0.29, 0.717) is 17.2 Å². The molecule has 0 atom stereocenters. The van der Waals surface area contributed by atoms with Gasteiger partial charge in [-0.15, -0.1) is 6.58 Å². The van der Waals surface area contributed by atoms with Crippen LogP contribution in [0.4, 0.5) is 13.2 Å². The van der Waals surface area contributed by atoms with Crippen LogP contribution in [-0.4, -0.2) is 26.6 Å². The standard InChI is InChI=1S/C15H18F3NO3SSi/c1-5-9-19-10-8-11-6-7-12(14(13(11)19)24(2,3)4)22-23(20,21)15(16,17)18/h5-8,10H,1,9H2,2-4H3. The zero-order chi connectivity index (χ0) is 18.3. The fourth-order valence-electron chi connectivity index (χ4n) is 2.53. The third-order valence-corrected chi connectivity index (χ3v) is 6.40. The normalized spacial score (nSPS) is 13.2. The van der Waals surface area contributed by atoms with Gasteiger partial charge in [-0.3, -0.25) is 0 Å². The Kier molecular flexibility index (Phi) is 4.62. The Hall–Kier alpha value is -1.74. The first-order chi connectivity index (χ1) is 10.9. The third kappa shape index (κ3) is 3.36. The van der Waals surface area contributed by atoms with Crippen LogP contribution in [0, 0.1) is 0 Å². The van der Waals surface area contributed by atoms with Crippen molar-refractivity contribution >= 4 is 34.3 Å². The van der Waals surface area contributed by atoms with Crippen molar-refractivity contribution < 1.29 is 25.8 Å². The van der Waals surface area contributed by atoms with Gasteiger partial charge in [0.05, 0.1) is 13.6 Å². The van der Waals surface area contributed by atoms with Crippen LogP contribution in [-0.2, 0) is 16.7 Å². The summed E-state index contributed by atoms with van der Waals surface area (Å²) in [6, 6.07) is 4.67. The molecule has 0 aliphatic rings. The minimum atomic E-state index is -5.72. The average Bonchev–Trinajstić information content (AvgIpc) is 2.79. The molecule has 0 radical (unpaired) electrons.